The Hall–Kier alpha value is -2.53. The molecular weight excluding hydrogens is 561 g/mol. The maximum Gasteiger partial charge on any atom is 0.121 e. The number of fused-ring (bicyclic) bond motifs is 1. The first kappa shape index (κ1) is 31.7. The molecule has 0 fully saturated rings. The van der Waals surface area contributed by atoms with Crippen molar-refractivity contribution in [2.45, 2.75) is 26.2 Å². The van der Waals surface area contributed by atoms with Gasteiger partial charge in [0.15, 0.2) is 0 Å². The van der Waals surface area contributed by atoms with Crippen LogP contribution in [0.15, 0.2) is 127 Å². The standard InChI is InChI=1S/C12H10Si.C11H15NO.C9H7.2ClH.Ti/c1-3-7-11(8-4-1)13-12-9-5-2-6-10-12;1-11(2,3)9-7-5-4-6-8(9)10(12)13;1-2-5-9-7-3-6-8(9)4-1;;;/h1-10H;4-7H,1-3H3,(H2,12,13);1-7H;2*1H;/q;;-1;;;+2/p-3. The molecule has 1 amide bonds. The maximum absolute atomic E-state index is 11.0. The van der Waals surface area contributed by atoms with Gasteiger partial charge in [0.25, 0.3) is 0 Å². The summed E-state index contributed by atoms with van der Waals surface area (Å²) in [5.74, 6) is -0.606. The summed E-state index contributed by atoms with van der Waals surface area (Å²) in [6, 6.07) is 43.1. The van der Waals surface area contributed by atoms with E-state index in [1.165, 1.54) is 21.1 Å². The van der Waals surface area contributed by atoms with Crippen LogP contribution < -0.4 is 10.4 Å². The minimum atomic E-state index is -0.606. The van der Waals surface area contributed by atoms with Crippen molar-refractivity contribution in [3.8, 4) is 0 Å². The molecule has 38 heavy (non-hydrogen) atoms. The van der Waals surface area contributed by atoms with E-state index in [0.29, 0.717) is 5.56 Å². The molecule has 194 valence electrons. The number of hydrogen-bond donors (Lipinski definition) is 0. The summed E-state index contributed by atoms with van der Waals surface area (Å²) in [4.78, 5) is 11.0. The summed E-state index contributed by atoms with van der Waals surface area (Å²) in [6.07, 6.45) is 0. The molecule has 6 heteroatoms. The summed E-state index contributed by atoms with van der Waals surface area (Å²) >= 11 is -0.556. The van der Waals surface area contributed by atoms with Crippen LogP contribution in [0.3, 0.4) is 0 Å². The molecule has 0 aliphatic heterocycles. The molecule has 0 aliphatic carbocycles. The van der Waals surface area contributed by atoms with Crippen LogP contribution in [0.4, 0.5) is 0 Å². The number of benzene rings is 4. The van der Waals surface area contributed by atoms with E-state index in [9.17, 15) is 4.79 Å². The summed E-state index contributed by atoms with van der Waals surface area (Å²) in [5.41, 5.74) is 8.47. The Morgan fingerprint density at radius 1 is 0.737 bits per heavy atom. The Morgan fingerprint density at radius 2 is 1.21 bits per heavy atom. The van der Waals surface area contributed by atoms with Gasteiger partial charge in [-0.2, -0.15) is 17.5 Å². The van der Waals surface area contributed by atoms with E-state index in [1.54, 1.807) is 12.1 Å². The summed E-state index contributed by atoms with van der Waals surface area (Å²) in [6.45, 7) is 6.11. The van der Waals surface area contributed by atoms with Gasteiger partial charge in [0, 0.05) is 5.56 Å². The van der Waals surface area contributed by atoms with Gasteiger partial charge in [-0.15, -0.1) is 29.7 Å². The third-order valence-electron chi connectivity index (χ3n) is 5.36. The molecule has 5 aromatic carbocycles. The van der Waals surface area contributed by atoms with E-state index in [-0.39, 0.29) is 5.41 Å². The second-order valence-corrected chi connectivity index (χ2v) is 13.2. The summed E-state index contributed by atoms with van der Waals surface area (Å²) in [7, 11) is 10.6. The van der Waals surface area contributed by atoms with Crippen LogP contribution in [0.1, 0.15) is 36.7 Å². The van der Waals surface area contributed by atoms with Crippen molar-refractivity contribution in [1.82, 2.24) is 0 Å². The van der Waals surface area contributed by atoms with Crippen molar-refractivity contribution < 1.29 is 21.8 Å². The number of carbonyl (C=O) groups excluding carboxylic acids is 1. The first-order valence-corrected chi connectivity index (χ1v) is 17.3. The number of rotatable bonds is 3. The normalized spacial score (nSPS) is 10.0. The number of amides is 1. The zero-order valence-electron chi connectivity index (χ0n) is 21.8. The predicted octanol–water partition coefficient (Wildman–Crippen LogP) is 8.45. The Bertz CT molecular complexity index is 1280. The monoisotopic (exact) mass is 591 g/mol. The maximum atomic E-state index is 11.0. The average Bonchev–Trinajstić information content (AvgIpc) is 3.40. The van der Waals surface area contributed by atoms with Crippen molar-refractivity contribution in [1.29, 1.82) is 0 Å². The molecule has 0 saturated heterocycles. The van der Waals surface area contributed by atoms with Gasteiger partial charge in [-0.3, -0.25) is 0 Å². The largest absolute Gasteiger partial charge is 0.168 e. The zero-order valence-corrected chi connectivity index (χ0v) is 25.9. The molecule has 0 saturated carbocycles. The SMILES string of the molecule is CC(C)(C)c1ccccc1C([NH-])=O.[Cl][Ti][Cl].c1ccc([Si]c2ccccc2)cc1.c1ccc2[cH-]ccc2c1. The molecule has 5 rings (SSSR count). The van der Waals surface area contributed by atoms with E-state index >= 15 is 0 Å². The molecule has 2 radical (unpaired) electrons. The summed E-state index contributed by atoms with van der Waals surface area (Å²) in [5, 5.41) is 5.46. The van der Waals surface area contributed by atoms with Crippen LogP contribution in [-0.4, -0.2) is 15.4 Å². The van der Waals surface area contributed by atoms with Crippen LogP contribution >= 0.6 is 18.6 Å². The molecule has 2 nitrogen and oxygen atoms in total. The number of carbonyl (C=O) groups is 1. The van der Waals surface area contributed by atoms with Crippen LogP contribution in [0.2, 0.25) is 0 Å². The molecule has 0 heterocycles. The second-order valence-electron chi connectivity index (χ2n) is 9.21. The summed E-state index contributed by atoms with van der Waals surface area (Å²) < 4.78 is 0. The molecule has 0 aromatic heterocycles. The first-order chi connectivity index (χ1) is 18.3. The Kier molecular flexibility index (Phi) is 14.3. The van der Waals surface area contributed by atoms with Crippen LogP contribution in [0.5, 0.6) is 0 Å². The van der Waals surface area contributed by atoms with Crippen LogP contribution in [0, 0.1) is 0 Å². The molecule has 1 N–H and O–H groups in total. The van der Waals surface area contributed by atoms with Crippen LogP contribution in [-0.2, 0) is 22.4 Å². The number of nitrogens with one attached hydrogen (secondary N) is 1. The third kappa shape index (κ3) is 11.5. The Balaban J connectivity index is 0.000000193. The van der Waals surface area contributed by atoms with Gasteiger partial charge in [-0.25, -0.2) is 0 Å². The van der Waals surface area contributed by atoms with Crippen molar-refractivity contribution in [3.63, 3.8) is 0 Å². The van der Waals surface area contributed by atoms with Crippen molar-refractivity contribution in [2.24, 2.45) is 0 Å². The molecule has 0 spiro atoms. The second kappa shape index (κ2) is 17.1. The molecule has 0 atom stereocenters. The van der Waals surface area contributed by atoms with E-state index in [1.807, 2.05) is 32.9 Å². The minimum absolute atomic E-state index is 0.0761. The smallest absolute Gasteiger partial charge is 0.121 e. The van der Waals surface area contributed by atoms with Gasteiger partial charge in [0.1, 0.15) is 9.52 Å². The number of halogens is 2. The minimum Gasteiger partial charge on any atom is -0.168 e. The van der Waals surface area contributed by atoms with Gasteiger partial charge < -0.3 is 10.5 Å². The molecule has 5 aromatic rings. The molecule has 0 aliphatic rings. The van der Waals surface area contributed by atoms with E-state index in [2.05, 4.69) is 103 Å². The Labute approximate surface area is 246 Å². The van der Waals surface area contributed by atoms with Crippen molar-refractivity contribution in [2.75, 3.05) is 0 Å². The van der Waals surface area contributed by atoms with Crippen LogP contribution in [0.25, 0.3) is 16.5 Å². The quantitative estimate of drug-likeness (QED) is 0.153. The van der Waals surface area contributed by atoms with Gasteiger partial charge in [-0.1, -0.05) is 122 Å². The topological polar surface area (TPSA) is 40.9 Å². The third-order valence-corrected chi connectivity index (χ3v) is 6.61. The number of hydrogen-bond acceptors (Lipinski definition) is 1. The Morgan fingerprint density at radius 3 is 1.68 bits per heavy atom. The van der Waals surface area contributed by atoms with Gasteiger partial charge in [-0.05, 0) is 11.0 Å². The van der Waals surface area contributed by atoms with Gasteiger partial charge >= 0.3 is 35.6 Å². The van der Waals surface area contributed by atoms with E-state index < -0.39 is 22.9 Å². The average molecular weight is 592 g/mol. The fourth-order valence-electron chi connectivity index (χ4n) is 3.61. The molecule has 0 unspecified atom stereocenters. The fraction of sp³-hybridized carbons (Fsp3) is 0.125. The molecular formula is C32H31Cl2NOSiTi-2. The van der Waals surface area contributed by atoms with Crippen molar-refractivity contribution >= 4 is 55.2 Å². The van der Waals surface area contributed by atoms with Crippen molar-refractivity contribution in [3.05, 3.63) is 144 Å². The van der Waals surface area contributed by atoms with Gasteiger partial charge in [0.05, 0.1) is 5.91 Å². The fourth-order valence-corrected chi connectivity index (χ4v) is 4.67. The molecule has 0 bridgehead atoms. The van der Waals surface area contributed by atoms with Gasteiger partial charge in [0.2, 0.25) is 0 Å². The predicted molar refractivity (Wildman–Crippen MR) is 163 cm³/mol. The van der Waals surface area contributed by atoms with E-state index in [4.69, 9.17) is 24.3 Å². The zero-order chi connectivity index (χ0) is 27.8. The first-order valence-electron chi connectivity index (χ1n) is 12.1. The van der Waals surface area contributed by atoms with E-state index in [0.717, 1.165) is 15.1 Å².